The molecule has 5 nitrogen and oxygen atoms in total. The van der Waals surface area contributed by atoms with Crippen molar-refractivity contribution in [3.05, 3.63) is 103 Å². The number of alkyl halides is 6. The van der Waals surface area contributed by atoms with Gasteiger partial charge < -0.3 is 5.32 Å². The van der Waals surface area contributed by atoms with Crippen molar-refractivity contribution in [3.63, 3.8) is 0 Å². The molecule has 0 aliphatic carbocycles. The highest BCUT2D eigenvalue weighted by molar-refractivity contribution is 5.93. The Labute approximate surface area is 226 Å². The lowest BCUT2D eigenvalue weighted by Gasteiger charge is -2.26. The molecular weight excluding hydrogens is 532 g/mol. The van der Waals surface area contributed by atoms with Gasteiger partial charge in [-0.2, -0.15) is 26.3 Å². The molecule has 0 amide bonds. The van der Waals surface area contributed by atoms with E-state index in [-0.39, 0.29) is 23.1 Å². The Balaban J connectivity index is 1.86. The summed E-state index contributed by atoms with van der Waals surface area (Å²) in [4.78, 5) is 15.3. The van der Waals surface area contributed by atoms with E-state index in [9.17, 15) is 26.3 Å². The second-order valence-corrected chi connectivity index (χ2v) is 8.97. The lowest BCUT2D eigenvalue weighted by atomic mass is 10.0. The predicted octanol–water partition coefficient (Wildman–Crippen LogP) is 8.21. The molecule has 0 aliphatic rings. The number of fused-ring (bicyclic) bond motifs is 1. The van der Waals surface area contributed by atoms with Crippen LogP contribution in [0.25, 0.3) is 22.2 Å². The lowest BCUT2D eigenvalue weighted by Crippen LogP contribution is -2.28. The van der Waals surface area contributed by atoms with Crippen LogP contribution >= 0.6 is 0 Å². The van der Waals surface area contributed by atoms with Gasteiger partial charge >= 0.3 is 12.4 Å². The fraction of sp³-hybridized carbons (Fsp3) is 0.207. The van der Waals surface area contributed by atoms with Gasteiger partial charge in [0.25, 0.3) is 0 Å². The van der Waals surface area contributed by atoms with Crippen LogP contribution in [0.15, 0.2) is 86.1 Å². The van der Waals surface area contributed by atoms with E-state index in [1.165, 1.54) is 36.5 Å². The van der Waals surface area contributed by atoms with Crippen LogP contribution in [0, 0.1) is 0 Å². The fourth-order valence-corrected chi connectivity index (χ4v) is 4.21. The molecule has 2 aromatic carbocycles. The molecule has 0 saturated heterocycles. The van der Waals surface area contributed by atoms with Gasteiger partial charge in [-0.3, -0.25) is 9.88 Å². The highest BCUT2D eigenvalue weighted by atomic mass is 19.4. The quantitative estimate of drug-likeness (QED) is 0.166. The van der Waals surface area contributed by atoms with Crippen molar-refractivity contribution in [3.8, 4) is 11.3 Å². The molecular formula is C29H25F6N5. The minimum atomic E-state index is -4.62. The van der Waals surface area contributed by atoms with Gasteiger partial charge in [-0.15, -0.1) is 13.2 Å². The van der Waals surface area contributed by atoms with Crippen LogP contribution < -0.4 is 5.32 Å². The molecule has 4 aromatic rings. The van der Waals surface area contributed by atoms with E-state index in [1.807, 2.05) is 11.8 Å². The smallest absolute Gasteiger partial charge is 0.340 e. The molecule has 0 fully saturated rings. The maximum Gasteiger partial charge on any atom is 0.418 e. The third-order valence-corrected chi connectivity index (χ3v) is 6.22. The number of pyridine rings is 1. The van der Waals surface area contributed by atoms with Gasteiger partial charge in [0, 0.05) is 35.9 Å². The average molecular weight is 558 g/mol. The van der Waals surface area contributed by atoms with Crippen molar-refractivity contribution in [2.75, 3.05) is 18.4 Å². The molecule has 2 heterocycles. The highest BCUT2D eigenvalue weighted by Gasteiger charge is 2.34. The van der Waals surface area contributed by atoms with Crippen molar-refractivity contribution >= 4 is 22.4 Å². The zero-order chi connectivity index (χ0) is 29.1. The van der Waals surface area contributed by atoms with E-state index >= 15 is 0 Å². The molecule has 40 heavy (non-hydrogen) atoms. The number of hydrogen-bond acceptors (Lipinski definition) is 5. The monoisotopic (exact) mass is 557 g/mol. The van der Waals surface area contributed by atoms with E-state index in [0.29, 0.717) is 35.5 Å². The summed E-state index contributed by atoms with van der Waals surface area (Å²) in [6.45, 7) is 10.4. The molecule has 1 N–H and O–H groups in total. The minimum absolute atomic E-state index is 0.201. The average Bonchev–Trinajstić information content (AvgIpc) is 2.91. The second kappa shape index (κ2) is 11.5. The van der Waals surface area contributed by atoms with E-state index in [4.69, 9.17) is 0 Å². The molecule has 1 atom stereocenters. The van der Waals surface area contributed by atoms with E-state index in [0.717, 1.165) is 18.2 Å². The molecule has 0 bridgehead atoms. The lowest BCUT2D eigenvalue weighted by molar-refractivity contribution is -0.138. The van der Waals surface area contributed by atoms with Crippen molar-refractivity contribution in [1.29, 1.82) is 0 Å². The van der Waals surface area contributed by atoms with Crippen molar-refractivity contribution in [2.45, 2.75) is 25.3 Å². The van der Waals surface area contributed by atoms with Crippen molar-refractivity contribution in [1.82, 2.24) is 19.9 Å². The molecule has 0 spiro atoms. The summed E-state index contributed by atoms with van der Waals surface area (Å²) in [7, 11) is 0. The Kier molecular flexibility index (Phi) is 8.24. The fourth-order valence-electron chi connectivity index (χ4n) is 4.21. The molecule has 208 valence electrons. The highest BCUT2D eigenvalue weighted by Crippen LogP contribution is 2.37. The normalized spacial score (nSPS) is 12.9. The Morgan fingerprint density at radius 1 is 0.900 bits per heavy atom. The van der Waals surface area contributed by atoms with Gasteiger partial charge in [0.1, 0.15) is 11.6 Å². The summed E-state index contributed by atoms with van der Waals surface area (Å²) < 4.78 is 80.2. The van der Waals surface area contributed by atoms with Crippen LogP contribution in [0.4, 0.5) is 37.8 Å². The number of nitrogens with one attached hydrogen (secondary N) is 1. The first-order valence-electron chi connectivity index (χ1n) is 12.2. The van der Waals surface area contributed by atoms with Gasteiger partial charge in [0.05, 0.1) is 28.4 Å². The van der Waals surface area contributed by atoms with Crippen LogP contribution in [0.2, 0.25) is 0 Å². The summed E-state index contributed by atoms with van der Waals surface area (Å²) in [6.07, 6.45) is -4.41. The number of rotatable bonds is 9. The third-order valence-electron chi connectivity index (χ3n) is 6.22. The van der Waals surface area contributed by atoms with Gasteiger partial charge in [-0.05, 0) is 55.5 Å². The number of anilines is 2. The second-order valence-electron chi connectivity index (χ2n) is 8.97. The first-order valence-corrected chi connectivity index (χ1v) is 12.2. The van der Waals surface area contributed by atoms with Crippen LogP contribution in [0.5, 0.6) is 0 Å². The topological polar surface area (TPSA) is 53.9 Å². The first-order chi connectivity index (χ1) is 18.9. The Bertz CT molecular complexity index is 1500. The van der Waals surface area contributed by atoms with Gasteiger partial charge in [0.15, 0.2) is 0 Å². The molecule has 11 heteroatoms. The summed E-state index contributed by atoms with van der Waals surface area (Å²) in [5, 5.41) is 3.51. The number of hydrogen-bond donors (Lipinski definition) is 1. The van der Waals surface area contributed by atoms with Crippen molar-refractivity contribution < 1.29 is 26.3 Å². The zero-order valence-corrected chi connectivity index (χ0v) is 21.4. The number of aromatic nitrogens is 3. The molecule has 0 saturated carbocycles. The van der Waals surface area contributed by atoms with Crippen LogP contribution in [0.3, 0.4) is 0 Å². The maximum atomic E-state index is 13.7. The molecule has 0 radical (unpaired) electrons. The third kappa shape index (κ3) is 6.31. The van der Waals surface area contributed by atoms with E-state index in [1.54, 1.807) is 18.2 Å². The predicted molar refractivity (Wildman–Crippen MR) is 143 cm³/mol. The zero-order valence-electron chi connectivity index (χ0n) is 21.4. The standard InChI is InChI=1S/C29H25F6N5/c1-4-15-40(16-5-2)18(3)26-38-24-17-19(25-23(29(33,34)35)7-6-14-36-25)8-13-22(24)27(39-26)37-21-11-9-20(10-12-21)28(30,31)32/h4-14,17-18H,1-2,15-16H2,3H3,(H,37,38,39). The van der Waals surface area contributed by atoms with E-state index in [2.05, 4.69) is 33.4 Å². The van der Waals surface area contributed by atoms with Gasteiger partial charge in [0.2, 0.25) is 0 Å². The number of benzene rings is 2. The maximum absolute atomic E-state index is 13.7. The molecule has 2 aromatic heterocycles. The number of nitrogens with zero attached hydrogens (tertiary/aromatic N) is 4. The van der Waals surface area contributed by atoms with Crippen LogP contribution in [0.1, 0.15) is 29.9 Å². The summed E-state index contributed by atoms with van der Waals surface area (Å²) in [6, 6.07) is 10.8. The van der Waals surface area contributed by atoms with Crippen LogP contribution in [-0.4, -0.2) is 32.9 Å². The van der Waals surface area contributed by atoms with E-state index < -0.39 is 23.5 Å². The Hall–Kier alpha value is -4.25. The van der Waals surface area contributed by atoms with Gasteiger partial charge in [-0.1, -0.05) is 18.2 Å². The molecule has 0 aliphatic heterocycles. The largest absolute Gasteiger partial charge is 0.418 e. The molecule has 1 unspecified atom stereocenters. The number of halogens is 6. The van der Waals surface area contributed by atoms with Gasteiger partial charge in [-0.25, -0.2) is 9.97 Å². The minimum Gasteiger partial charge on any atom is -0.340 e. The summed E-state index contributed by atoms with van der Waals surface area (Å²) in [5.41, 5.74) is -1.06. The summed E-state index contributed by atoms with van der Waals surface area (Å²) in [5.74, 6) is 0.632. The first kappa shape index (κ1) is 28.8. The van der Waals surface area contributed by atoms with Crippen molar-refractivity contribution in [2.24, 2.45) is 0 Å². The Morgan fingerprint density at radius 3 is 2.17 bits per heavy atom. The summed E-state index contributed by atoms with van der Waals surface area (Å²) >= 11 is 0. The van der Waals surface area contributed by atoms with Crippen LogP contribution in [-0.2, 0) is 12.4 Å². The molecule has 4 rings (SSSR count). The Morgan fingerprint density at radius 2 is 1.57 bits per heavy atom. The SMILES string of the molecule is C=CCN(CC=C)C(C)c1nc(Nc2ccc(C(F)(F)F)cc2)c2ccc(-c3ncccc3C(F)(F)F)cc2n1.